The number of ether oxygens (including phenoxy) is 1. The largest absolute Gasteiger partial charge is 0.497 e. The molecule has 0 aliphatic heterocycles. The van der Waals surface area contributed by atoms with Gasteiger partial charge in [-0.05, 0) is 18.2 Å². The normalized spacial score (nSPS) is 10.8. The van der Waals surface area contributed by atoms with Crippen molar-refractivity contribution in [1.82, 2.24) is 0 Å². The second kappa shape index (κ2) is 3.58. The quantitative estimate of drug-likeness (QED) is 0.699. The molecule has 14 heavy (non-hydrogen) atoms. The van der Waals surface area contributed by atoms with Gasteiger partial charge in [-0.1, -0.05) is 0 Å². The van der Waals surface area contributed by atoms with Crippen molar-refractivity contribution in [3.63, 3.8) is 0 Å². The number of alkyl halides is 3. The fourth-order valence-electron chi connectivity index (χ4n) is 0.945. The summed E-state index contributed by atoms with van der Waals surface area (Å²) in [6.07, 6.45) is -4.46. The number of hydrogen-bond donors (Lipinski definition) is 0. The van der Waals surface area contributed by atoms with Crippen molar-refractivity contribution in [2.24, 2.45) is 0 Å². The highest BCUT2D eigenvalue weighted by Gasteiger charge is 2.31. The maximum atomic E-state index is 12.3. The van der Waals surface area contributed by atoms with E-state index in [1.807, 2.05) is 0 Å². The monoisotopic (exact) mass is 201 g/mol. The lowest BCUT2D eigenvalue weighted by Crippen LogP contribution is -2.05. The van der Waals surface area contributed by atoms with Gasteiger partial charge >= 0.3 is 6.18 Å². The van der Waals surface area contributed by atoms with Crippen LogP contribution < -0.4 is 4.74 Å². The molecule has 0 atom stereocenters. The van der Waals surface area contributed by atoms with Crippen molar-refractivity contribution < 1.29 is 17.9 Å². The van der Waals surface area contributed by atoms with E-state index in [0.29, 0.717) is 0 Å². The predicted octanol–water partition coefficient (Wildman–Crippen LogP) is 2.59. The van der Waals surface area contributed by atoms with Gasteiger partial charge in [0.2, 0.25) is 0 Å². The van der Waals surface area contributed by atoms with Crippen LogP contribution in [0.25, 0.3) is 0 Å². The zero-order valence-electron chi connectivity index (χ0n) is 7.22. The summed E-state index contributed by atoms with van der Waals surface area (Å²) < 4.78 is 41.4. The number of methoxy groups -OCH3 is 1. The van der Waals surface area contributed by atoms with E-state index in [0.717, 1.165) is 12.1 Å². The van der Waals surface area contributed by atoms with Gasteiger partial charge in [-0.2, -0.15) is 18.4 Å². The predicted molar refractivity (Wildman–Crippen MR) is 42.7 cm³/mol. The average molecular weight is 201 g/mol. The fraction of sp³-hybridized carbons (Fsp3) is 0.222. The van der Waals surface area contributed by atoms with Gasteiger partial charge in [0, 0.05) is 0 Å². The summed E-state index contributed by atoms with van der Waals surface area (Å²) in [5.74, 6) is 0.0244. The molecule has 0 aliphatic rings. The maximum absolute atomic E-state index is 12.3. The number of nitriles is 1. The first kappa shape index (κ1) is 10.4. The summed E-state index contributed by atoms with van der Waals surface area (Å²) in [7, 11) is 1.25. The van der Waals surface area contributed by atoms with Crippen molar-refractivity contribution in [2.75, 3.05) is 7.11 Å². The molecule has 5 heteroatoms. The summed E-state index contributed by atoms with van der Waals surface area (Å²) in [6.45, 7) is 0. The van der Waals surface area contributed by atoms with Crippen LogP contribution in [0.2, 0.25) is 0 Å². The second-order valence-corrected chi connectivity index (χ2v) is 2.56. The molecule has 0 heterocycles. The van der Waals surface area contributed by atoms with Gasteiger partial charge in [0.25, 0.3) is 0 Å². The molecule has 0 saturated carbocycles. The third kappa shape index (κ3) is 2.16. The van der Waals surface area contributed by atoms with E-state index < -0.39 is 11.7 Å². The Bertz CT molecular complexity index is 379. The van der Waals surface area contributed by atoms with Crippen LogP contribution in [0.4, 0.5) is 13.2 Å². The van der Waals surface area contributed by atoms with Crippen LogP contribution in [0.5, 0.6) is 5.75 Å². The summed E-state index contributed by atoms with van der Waals surface area (Å²) in [5.41, 5.74) is -0.954. The first-order valence-electron chi connectivity index (χ1n) is 3.63. The Balaban J connectivity index is 3.26. The Hall–Kier alpha value is -1.70. The number of rotatable bonds is 1. The molecular weight excluding hydrogens is 195 g/mol. The third-order valence-electron chi connectivity index (χ3n) is 1.60. The topological polar surface area (TPSA) is 33.0 Å². The minimum atomic E-state index is -4.46. The molecular formula is C9H6F3NO. The Morgan fingerprint density at radius 3 is 2.36 bits per heavy atom. The molecule has 0 radical (unpaired) electrons. The molecule has 0 unspecified atom stereocenters. The third-order valence-corrected chi connectivity index (χ3v) is 1.60. The number of benzene rings is 1. The zero-order valence-corrected chi connectivity index (χ0v) is 7.22. The van der Waals surface area contributed by atoms with Crippen LogP contribution in [0, 0.1) is 11.3 Å². The van der Waals surface area contributed by atoms with Crippen LogP contribution in [-0.4, -0.2) is 7.11 Å². The van der Waals surface area contributed by atoms with Crippen LogP contribution in [0.1, 0.15) is 11.1 Å². The fourth-order valence-corrected chi connectivity index (χ4v) is 0.945. The van der Waals surface area contributed by atoms with Gasteiger partial charge in [-0.15, -0.1) is 0 Å². The van der Waals surface area contributed by atoms with Gasteiger partial charge in [0.1, 0.15) is 5.75 Å². The molecule has 0 N–H and O–H groups in total. The van der Waals surface area contributed by atoms with E-state index in [1.54, 1.807) is 6.07 Å². The summed E-state index contributed by atoms with van der Waals surface area (Å²) in [4.78, 5) is 0. The molecule has 0 aromatic heterocycles. The second-order valence-electron chi connectivity index (χ2n) is 2.56. The SMILES string of the molecule is COc1cc(C#N)cc(C(F)(F)F)c1. The summed E-state index contributed by atoms with van der Waals surface area (Å²) in [5, 5.41) is 8.47. The maximum Gasteiger partial charge on any atom is 0.416 e. The highest BCUT2D eigenvalue weighted by Crippen LogP contribution is 2.32. The van der Waals surface area contributed by atoms with E-state index >= 15 is 0 Å². The number of hydrogen-bond acceptors (Lipinski definition) is 2. The minimum absolute atomic E-state index is 0.0244. The Kier molecular flexibility index (Phi) is 2.65. The molecule has 2 nitrogen and oxygen atoms in total. The van der Waals surface area contributed by atoms with Crippen molar-refractivity contribution in [3.8, 4) is 11.8 Å². The molecule has 1 aromatic carbocycles. The van der Waals surface area contributed by atoms with Crippen LogP contribution in [0.3, 0.4) is 0 Å². The van der Waals surface area contributed by atoms with E-state index in [1.165, 1.54) is 13.2 Å². The summed E-state index contributed by atoms with van der Waals surface area (Å²) in [6, 6.07) is 4.51. The number of nitrogens with zero attached hydrogens (tertiary/aromatic N) is 1. The highest BCUT2D eigenvalue weighted by molar-refractivity contribution is 5.41. The van der Waals surface area contributed by atoms with E-state index in [2.05, 4.69) is 4.74 Å². The molecule has 74 valence electrons. The lowest BCUT2D eigenvalue weighted by molar-refractivity contribution is -0.137. The Labute approximate surface area is 78.5 Å². The van der Waals surface area contributed by atoms with E-state index in [4.69, 9.17) is 5.26 Å². The van der Waals surface area contributed by atoms with Gasteiger partial charge in [-0.25, -0.2) is 0 Å². The first-order valence-corrected chi connectivity index (χ1v) is 3.63. The highest BCUT2D eigenvalue weighted by atomic mass is 19.4. The lowest BCUT2D eigenvalue weighted by Gasteiger charge is -2.08. The Morgan fingerprint density at radius 2 is 1.93 bits per heavy atom. The molecule has 0 aliphatic carbocycles. The van der Waals surface area contributed by atoms with E-state index in [-0.39, 0.29) is 11.3 Å². The van der Waals surface area contributed by atoms with Crippen molar-refractivity contribution in [2.45, 2.75) is 6.18 Å². The van der Waals surface area contributed by atoms with Crippen molar-refractivity contribution >= 4 is 0 Å². The Morgan fingerprint density at radius 1 is 1.29 bits per heavy atom. The molecule has 1 rings (SSSR count). The standard InChI is InChI=1S/C9H6F3NO/c1-14-8-3-6(5-13)2-7(4-8)9(10,11)12/h2-4H,1H3. The molecule has 0 spiro atoms. The molecule has 0 amide bonds. The van der Waals surface area contributed by atoms with Crippen molar-refractivity contribution in [3.05, 3.63) is 29.3 Å². The van der Waals surface area contributed by atoms with Crippen LogP contribution in [-0.2, 0) is 6.18 Å². The van der Waals surface area contributed by atoms with Gasteiger partial charge in [0.05, 0.1) is 24.3 Å². The minimum Gasteiger partial charge on any atom is -0.497 e. The van der Waals surface area contributed by atoms with Crippen molar-refractivity contribution in [1.29, 1.82) is 5.26 Å². The lowest BCUT2D eigenvalue weighted by atomic mass is 10.1. The van der Waals surface area contributed by atoms with Gasteiger partial charge in [0.15, 0.2) is 0 Å². The zero-order chi connectivity index (χ0) is 10.8. The van der Waals surface area contributed by atoms with Crippen LogP contribution >= 0.6 is 0 Å². The van der Waals surface area contributed by atoms with Crippen LogP contribution in [0.15, 0.2) is 18.2 Å². The molecule has 1 aromatic rings. The first-order chi connectivity index (χ1) is 6.47. The average Bonchev–Trinajstić information content (AvgIpc) is 2.15. The molecule has 0 fully saturated rings. The summed E-state index contributed by atoms with van der Waals surface area (Å²) >= 11 is 0. The van der Waals surface area contributed by atoms with Gasteiger partial charge < -0.3 is 4.74 Å². The molecule has 0 bridgehead atoms. The smallest absolute Gasteiger partial charge is 0.416 e. The van der Waals surface area contributed by atoms with E-state index in [9.17, 15) is 13.2 Å². The van der Waals surface area contributed by atoms with Gasteiger partial charge in [-0.3, -0.25) is 0 Å². The molecule has 0 saturated heterocycles. The number of halogens is 3.